The Bertz CT molecular complexity index is 553. The van der Waals surface area contributed by atoms with E-state index in [4.69, 9.17) is 5.84 Å². The second kappa shape index (κ2) is 5.73. The van der Waals surface area contributed by atoms with E-state index < -0.39 is 0 Å². The molecule has 0 aromatic heterocycles. The second-order valence-corrected chi connectivity index (χ2v) is 5.52. The van der Waals surface area contributed by atoms with E-state index >= 15 is 0 Å². The molecule has 3 heteroatoms. The SMILES string of the molecule is NNC(Cc1ccc(F)cc1)C1CC1c1ccccc1. The lowest BCUT2D eigenvalue weighted by Crippen LogP contribution is -2.38. The molecule has 0 bridgehead atoms. The Balaban J connectivity index is 1.65. The summed E-state index contributed by atoms with van der Waals surface area (Å²) in [6.07, 6.45) is 2.00. The second-order valence-electron chi connectivity index (χ2n) is 5.52. The average Bonchev–Trinajstić information content (AvgIpc) is 3.28. The van der Waals surface area contributed by atoms with Crippen LogP contribution in [0.3, 0.4) is 0 Å². The van der Waals surface area contributed by atoms with Gasteiger partial charge in [-0.15, -0.1) is 0 Å². The third-order valence-corrected chi connectivity index (χ3v) is 4.17. The summed E-state index contributed by atoms with van der Waals surface area (Å²) in [5, 5.41) is 0. The van der Waals surface area contributed by atoms with Crippen molar-refractivity contribution in [2.24, 2.45) is 11.8 Å². The van der Waals surface area contributed by atoms with Crippen molar-refractivity contribution in [1.29, 1.82) is 0 Å². The Hall–Kier alpha value is -1.71. The highest BCUT2D eigenvalue weighted by Crippen LogP contribution is 2.49. The Morgan fingerprint density at radius 2 is 1.80 bits per heavy atom. The normalized spacial score (nSPS) is 22.5. The van der Waals surface area contributed by atoms with E-state index in [2.05, 4.69) is 29.7 Å². The average molecular weight is 270 g/mol. The molecule has 0 heterocycles. The van der Waals surface area contributed by atoms with Crippen molar-refractivity contribution in [2.75, 3.05) is 0 Å². The maximum Gasteiger partial charge on any atom is 0.123 e. The summed E-state index contributed by atoms with van der Waals surface area (Å²) in [7, 11) is 0. The standard InChI is InChI=1S/C17H19FN2/c18-14-8-6-12(7-9-14)10-17(20-19)16-11-15(16)13-4-2-1-3-5-13/h1-9,15-17,20H,10-11,19H2. The summed E-state index contributed by atoms with van der Waals surface area (Å²) >= 11 is 0. The van der Waals surface area contributed by atoms with E-state index in [-0.39, 0.29) is 11.9 Å². The van der Waals surface area contributed by atoms with Gasteiger partial charge in [-0.05, 0) is 47.9 Å². The number of nitrogens with one attached hydrogen (secondary N) is 1. The van der Waals surface area contributed by atoms with Crippen molar-refractivity contribution in [2.45, 2.75) is 24.8 Å². The Morgan fingerprint density at radius 1 is 1.10 bits per heavy atom. The van der Waals surface area contributed by atoms with Gasteiger partial charge in [0.05, 0.1) is 0 Å². The van der Waals surface area contributed by atoms with Crippen molar-refractivity contribution < 1.29 is 4.39 Å². The highest BCUT2D eigenvalue weighted by atomic mass is 19.1. The molecule has 0 saturated heterocycles. The zero-order chi connectivity index (χ0) is 13.9. The molecule has 104 valence electrons. The van der Waals surface area contributed by atoms with Crippen LogP contribution in [0.1, 0.15) is 23.5 Å². The van der Waals surface area contributed by atoms with Crippen LogP contribution in [-0.2, 0) is 6.42 Å². The predicted molar refractivity (Wildman–Crippen MR) is 78.5 cm³/mol. The van der Waals surface area contributed by atoms with E-state index in [1.165, 1.54) is 24.1 Å². The Kier molecular flexibility index (Phi) is 3.81. The van der Waals surface area contributed by atoms with Gasteiger partial charge in [0, 0.05) is 6.04 Å². The lowest BCUT2D eigenvalue weighted by atomic mass is 9.99. The summed E-state index contributed by atoms with van der Waals surface area (Å²) in [4.78, 5) is 0. The fraction of sp³-hybridized carbons (Fsp3) is 0.294. The van der Waals surface area contributed by atoms with Gasteiger partial charge in [-0.1, -0.05) is 42.5 Å². The minimum absolute atomic E-state index is 0.195. The first-order chi connectivity index (χ1) is 9.78. The maximum atomic E-state index is 12.9. The van der Waals surface area contributed by atoms with Crippen molar-refractivity contribution >= 4 is 0 Å². The van der Waals surface area contributed by atoms with E-state index in [0.717, 1.165) is 12.0 Å². The molecule has 2 aromatic carbocycles. The molecular formula is C17H19FN2. The molecule has 3 rings (SSSR count). The molecule has 0 spiro atoms. The highest BCUT2D eigenvalue weighted by Gasteiger charge is 2.43. The number of nitrogens with two attached hydrogens (primary N) is 1. The topological polar surface area (TPSA) is 38.0 Å². The van der Waals surface area contributed by atoms with Crippen LogP contribution in [0.15, 0.2) is 54.6 Å². The smallest absolute Gasteiger partial charge is 0.123 e. The maximum absolute atomic E-state index is 12.9. The fourth-order valence-corrected chi connectivity index (χ4v) is 2.95. The van der Waals surface area contributed by atoms with Crippen molar-refractivity contribution in [3.8, 4) is 0 Å². The Morgan fingerprint density at radius 3 is 2.45 bits per heavy atom. The zero-order valence-corrected chi connectivity index (χ0v) is 11.3. The largest absolute Gasteiger partial charge is 0.271 e. The van der Waals surface area contributed by atoms with Crippen LogP contribution in [-0.4, -0.2) is 6.04 Å². The molecule has 0 aliphatic heterocycles. The predicted octanol–water partition coefficient (Wildman–Crippen LogP) is 3.00. The molecule has 20 heavy (non-hydrogen) atoms. The minimum Gasteiger partial charge on any atom is -0.271 e. The molecule has 3 N–H and O–H groups in total. The number of hydrogen-bond acceptors (Lipinski definition) is 2. The highest BCUT2D eigenvalue weighted by molar-refractivity contribution is 5.27. The quantitative estimate of drug-likeness (QED) is 0.647. The summed E-state index contributed by atoms with van der Waals surface area (Å²) in [6, 6.07) is 17.5. The molecule has 1 saturated carbocycles. The third-order valence-electron chi connectivity index (χ3n) is 4.17. The van der Waals surface area contributed by atoms with Gasteiger partial charge < -0.3 is 0 Å². The molecule has 2 nitrogen and oxygen atoms in total. The summed E-state index contributed by atoms with van der Waals surface area (Å²) in [5.41, 5.74) is 5.44. The number of benzene rings is 2. The van der Waals surface area contributed by atoms with Gasteiger partial charge in [-0.3, -0.25) is 11.3 Å². The Labute approximate surface area is 118 Å². The number of hydrogen-bond donors (Lipinski definition) is 2. The minimum atomic E-state index is -0.195. The zero-order valence-electron chi connectivity index (χ0n) is 11.3. The van der Waals surface area contributed by atoms with Gasteiger partial charge in [0.1, 0.15) is 5.82 Å². The van der Waals surface area contributed by atoms with E-state index in [9.17, 15) is 4.39 Å². The third kappa shape index (κ3) is 2.89. The van der Waals surface area contributed by atoms with Gasteiger partial charge in [0.2, 0.25) is 0 Å². The van der Waals surface area contributed by atoms with Crippen LogP contribution in [0.2, 0.25) is 0 Å². The van der Waals surface area contributed by atoms with Gasteiger partial charge in [-0.25, -0.2) is 4.39 Å². The van der Waals surface area contributed by atoms with Gasteiger partial charge in [-0.2, -0.15) is 0 Å². The molecular weight excluding hydrogens is 251 g/mol. The lowest BCUT2D eigenvalue weighted by molar-refractivity contribution is 0.464. The summed E-state index contributed by atoms with van der Waals surface area (Å²) in [5.74, 6) is 6.67. The molecule has 3 atom stereocenters. The van der Waals surface area contributed by atoms with Gasteiger partial charge in [0.25, 0.3) is 0 Å². The first-order valence-corrected chi connectivity index (χ1v) is 7.03. The van der Waals surface area contributed by atoms with Crippen LogP contribution >= 0.6 is 0 Å². The fourth-order valence-electron chi connectivity index (χ4n) is 2.95. The number of halogens is 1. The molecule has 0 amide bonds. The van der Waals surface area contributed by atoms with Crippen LogP contribution in [0.4, 0.5) is 4.39 Å². The van der Waals surface area contributed by atoms with Gasteiger partial charge in [0.15, 0.2) is 0 Å². The van der Waals surface area contributed by atoms with Crippen LogP contribution < -0.4 is 11.3 Å². The van der Waals surface area contributed by atoms with Crippen molar-refractivity contribution in [3.63, 3.8) is 0 Å². The molecule has 1 aliphatic carbocycles. The van der Waals surface area contributed by atoms with E-state index in [1.54, 1.807) is 0 Å². The van der Waals surface area contributed by atoms with E-state index in [0.29, 0.717) is 11.8 Å². The molecule has 1 fully saturated rings. The monoisotopic (exact) mass is 270 g/mol. The molecule has 0 radical (unpaired) electrons. The number of rotatable bonds is 5. The van der Waals surface area contributed by atoms with Gasteiger partial charge >= 0.3 is 0 Å². The summed E-state index contributed by atoms with van der Waals surface area (Å²) in [6.45, 7) is 0. The van der Waals surface area contributed by atoms with E-state index in [1.807, 2.05) is 18.2 Å². The number of hydrazine groups is 1. The summed E-state index contributed by atoms with van der Waals surface area (Å²) < 4.78 is 12.9. The lowest BCUT2D eigenvalue weighted by Gasteiger charge is -2.16. The molecule has 1 aliphatic rings. The van der Waals surface area contributed by atoms with Crippen LogP contribution in [0.25, 0.3) is 0 Å². The molecule has 2 aromatic rings. The van der Waals surface area contributed by atoms with Crippen molar-refractivity contribution in [3.05, 3.63) is 71.5 Å². The first kappa shape index (κ1) is 13.3. The first-order valence-electron chi connectivity index (χ1n) is 7.03. The van der Waals surface area contributed by atoms with Crippen molar-refractivity contribution in [1.82, 2.24) is 5.43 Å². The van der Waals surface area contributed by atoms with Crippen LogP contribution in [0.5, 0.6) is 0 Å². The molecule has 3 unspecified atom stereocenters. The van der Waals surface area contributed by atoms with Crippen LogP contribution in [0, 0.1) is 11.7 Å².